The van der Waals surface area contributed by atoms with Crippen molar-refractivity contribution in [2.45, 2.75) is 25.5 Å². The number of nitrogens with two attached hydrogens (primary N) is 1. The van der Waals surface area contributed by atoms with Crippen molar-refractivity contribution in [2.75, 3.05) is 36.6 Å². The minimum atomic E-state index is -0.521. The Bertz CT molecular complexity index is 1420. The maximum atomic E-state index is 13.5. The lowest BCUT2D eigenvalue weighted by Crippen LogP contribution is -2.28. The fourth-order valence-electron chi connectivity index (χ4n) is 4.32. The summed E-state index contributed by atoms with van der Waals surface area (Å²) in [6.07, 6.45) is 3.93. The van der Waals surface area contributed by atoms with Crippen LogP contribution in [0.15, 0.2) is 48.8 Å². The van der Waals surface area contributed by atoms with Gasteiger partial charge in [0.05, 0.1) is 22.2 Å². The highest BCUT2D eigenvalue weighted by Crippen LogP contribution is 2.37. The molecule has 3 heterocycles. The molecule has 1 aliphatic heterocycles. The van der Waals surface area contributed by atoms with Crippen LogP contribution in [0, 0.1) is 5.82 Å². The van der Waals surface area contributed by atoms with Crippen LogP contribution in [0.2, 0.25) is 5.02 Å². The number of carbonyl (C=O) groups excluding carboxylic acids is 1. The summed E-state index contributed by atoms with van der Waals surface area (Å²) < 4.78 is 19.2. The molecule has 1 atom stereocenters. The van der Waals surface area contributed by atoms with Gasteiger partial charge >= 0.3 is 0 Å². The Morgan fingerprint density at radius 3 is 2.76 bits per heavy atom. The van der Waals surface area contributed by atoms with Gasteiger partial charge in [0.15, 0.2) is 0 Å². The van der Waals surface area contributed by atoms with E-state index in [0.29, 0.717) is 38.4 Å². The number of hydrogen-bond donors (Lipinski definition) is 3. The molecule has 2 aromatic carbocycles. The number of hydrogen-bond acceptors (Lipinski definition) is 8. The van der Waals surface area contributed by atoms with E-state index in [1.54, 1.807) is 0 Å². The molecular formula is C26H26ClFN6O2S. The van der Waals surface area contributed by atoms with Crippen molar-refractivity contribution in [3.63, 3.8) is 0 Å². The summed E-state index contributed by atoms with van der Waals surface area (Å²) in [5.41, 5.74) is 8.98. The standard InChI is InChI=1S/C26H26ClFN6O2S/c1-34(13-18-3-2-10-36-18)12-15-4-6-16(7-5-15)33-25(35)23-22(29)21-24(30-14-31-26(21)37-23)32-17-8-9-20(28)19(27)11-17/h4-9,11,14,18H,2-3,10,12-13,29H2,1H3,(H,33,35)(H,30,31,32)/t18-/m1/s1. The monoisotopic (exact) mass is 540 g/mol. The van der Waals surface area contributed by atoms with Gasteiger partial charge in [-0.15, -0.1) is 11.3 Å². The number of fused-ring (bicyclic) bond motifs is 1. The van der Waals surface area contributed by atoms with Crippen molar-refractivity contribution >= 4 is 61.9 Å². The third-order valence-corrected chi connectivity index (χ3v) is 7.52. The highest BCUT2D eigenvalue weighted by molar-refractivity contribution is 7.21. The van der Waals surface area contributed by atoms with Crippen LogP contribution in [-0.2, 0) is 11.3 Å². The molecule has 1 aliphatic rings. The number of anilines is 4. The number of nitrogens with zero attached hydrogens (tertiary/aromatic N) is 3. The normalized spacial score (nSPS) is 15.4. The fraction of sp³-hybridized carbons (Fsp3) is 0.269. The van der Waals surface area contributed by atoms with E-state index in [0.717, 1.165) is 38.1 Å². The minimum absolute atomic E-state index is 0.0193. The maximum absolute atomic E-state index is 13.5. The van der Waals surface area contributed by atoms with Gasteiger partial charge in [-0.05, 0) is 55.8 Å². The predicted octanol–water partition coefficient (Wildman–Crippen LogP) is 5.67. The Kier molecular flexibility index (Phi) is 7.52. The van der Waals surface area contributed by atoms with Crippen molar-refractivity contribution in [1.29, 1.82) is 0 Å². The van der Waals surface area contributed by atoms with Gasteiger partial charge < -0.3 is 21.1 Å². The molecule has 1 amide bonds. The lowest BCUT2D eigenvalue weighted by molar-refractivity contribution is 0.0793. The van der Waals surface area contributed by atoms with Gasteiger partial charge in [0.1, 0.15) is 27.7 Å². The minimum Gasteiger partial charge on any atom is -0.397 e. The average molecular weight is 541 g/mol. The van der Waals surface area contributed by atoms with Crippen LogP contribution >= 0.6 is 22.9 Å². The van der Waals surface area contributed by atoms with Gasteiger partial charge in [-0.1, -0.05) is 23.7 Å². The van der Waals surface area contributed by atoms with Gasteiger partial charge in [0.2, 0.25) is 0 Å². The summed E-state index contributed by atoms with van der Waals surface area (Å²) in [4.78, 5) is 24.7. The van der Waals surface area contributed by atoms with E-state index < -0.39 is 5.82 Å². The zero-order chi connectivity index (χ0) is 25.9. The fourth-order valence-corrected chi connectivity index (χ4v) is 5.46. The molecule has 0 aliphatic carbocycles. The number of nitrogens with one attached hydrogen (secondary N) is 2. The molecule has 1 fully saturated rings. The van der Waals surface area contributed by atoms with Crippen molar-refractivity contribution in [3.05, 3.63) is 70.1 Å². The topological polar surface area (TPSA) is 105 Å². The average Bonchev–Trinajstić information content (AvgIpc) is 3.51. The van der Waals surface area contributed by atoms with Crippen LogP contribution in [0.3, 0.4) is 0 Å². The van der Waals surface area contributed by atoms with Crippen LogP contribution < -0.4 is 16.4 Å². The van der Waals surface area contributed by atoms with E-state index in [4.69, 9.17) is 22.1 Å². The van der Waals surface area contributed by atoms with Gasteiger partial charge in [-0.3, -0.25) is 9.69 Å². The third kappa shape index (κ3) is 5.83. The van der Waals surface area contributed by atoms with Crippen molar-refractivity contribution in [1.82, 2.24) is 14.9 Å². The summed E-state index contributed by atoms with van der Waals surface area (Å²) in [6, 6.07) is 12.0. The summed E-state index contributed by atoms with van der Waals surface area (Å²) in [5, 5.41) is 6.49. The largest absolute Gasteiger partial charge is 0.397 e. The molecule has 5 rings (SSSR count). The van der Waals surface area contributed by atoms with Gasteiger partial charge in [0.25, 0.3) is 5.91 Å². The van der Waals surface area contributed by atoms with Crippen molar-refractivity contribution in [2.24, 2.45) is 0 Å². The Balaban J connectivity index is 1.28. The third-order valence-electron chi connectivity index (χ3n) is 6.12. The predicted molar refractivity (Wildman–Crippen MR) is 146 cm³/mol. The molecule has 2 aromatic heterocycles. The summed E-state index contributed by atoms with van der Waals surface area (Å²) in [7, 11) is 2.08. The molecule has 0 bridgehead atoms. The van der Waals surface area contributed by atoms with E-state index in [1.807, 2.05) is 24.3 Å². The maximum Gasteiger partial charge on any atom is 0.267 e. The number of halogens is 2. The summed E-state index contributed by atoms with van der Waals surface area (Å²) in [6.45, 7) is 2.55. The Labute approximate surface area is 222 Å². The Morgan fingerprint density at radius 2 is 2.03 bits per heavy atom. The number of likely N-dealkylation sites (N-methyl/N-ethyl adjacent to an activating group) is 1. The first-order valence-electron chi connectivity index (χ1n) is 11.8. The molecule has 11 heteroatoms. The second-order valence-electron chi connectivity index (χ2n) is 8.98. The number of rotatable bonds is 8. The van der Waals surface area contributed by atoms with Crippen LogP contribution in [0.1, 0.15) is 28.1 Å². The molecule has 4 aromatic rings. The smallest absolute Gasteiger partial charge is 0.267 e. The highest BCUT2D eigenvalue weighted by atomic mass is 35.5. The van der Waals surface area contributed by atoms with Gasteiger partial charge in [0, 0.05) is 31.1 Å². The van der Waals surface area contributed by atoms with E-state index in [2.05, 4.69) is 32.5 Å². The molecule has 8 nitrogen and oxygen atoms in total. The van der Waals surface area contributed by atoms with Crippen molar-refractivity contribution in [3.8, 4) is 0 Å². The first-order chi connectivity index (χ1) is 17.9. The molecule has 4 N–H and O–H groups in total. The second-order valence-corrected chi connectivity index (χ2v) is 10.4. The highest BCUT2D eigenvalue weighted by Gasteiger charge is 2.21. The number of benzene rings is 2. The zero-order valence-electron chi connectivity index (χ0n) is 20.1. The molecule has 0 saturated carbocycles. The molecule has 37 heavy (non-hydrogen) atoms. The van der Waals surface area contributed by atoms with E-state index in [9.17, 15) is 9.18 Å². The molecule has 0 unspecified atom stereocenters. The van der Waals surface area contributed by atoms with Gasteiger partial charge in [-0.25, -0.2) is 14.4 Å². The van der Waals surface area contributed by atoms with Crippen LogP contribution in [0.25, 0.3) is 10.2 Å². The SMILES string of the molecule is CN(Cc1ccc(NC(=O)c2sc3ncnc(Nc4ccc(F)c(Cl)c4)c3c2N)cc1)C[C@H]1CCCO1. The molecule has 1 saturated heterocycles. The summed E-state index contributed by atoms with van der Waals surface area (Å²) >= 11 is 7.07. The van der Waals surface area contributed by atoms with E-state index in [-0.39, 0.29) is 16.6 Å². The number of thiophene rings is 1. The van der Waals surface area contributed by atoms with Gasteiger partial charge in [-0.2, -0.15) is 0 Å². The lowest BCUT2D eigenvalue weighted by atomic mass is 10.1. The number of nitrogen functional groups attached to an aromatic ring is 1. The number of amides is 1. The molecular weight excluding hydrogens is 515 g/mol. The van der Waals surface area contributed by atoms with Crippen LogP contribution in [0.4, 0.5) is 27.3 Å². The number of aromatic nitrogens is 2. The first kappa shape index (κ1) is 25.3. The van der Waals surface area contributed by atoms with Crippen LogP contribution in [0.5, 0.6) is 0 Å². The first-order valence-corrected chi connectivity index (χ1v) is 13.0. The summed E-state index contributed by atoms with van der Waals surface area (Å²) in [5.74, 6) is -0.454. The molecule has 0 spiro atoms. The van der Waals surface area contributed by atoms with E-state index in [1.165, 1.54) is 35.9 Å². The number of ether oxygens (including phenoxy) is 1. The Hall–Kier alpha value is -3.31. The van der Waals surface area contributed by atoms with E-state index >= 15 is 0 Å². The Morgan fingerprint density at radius 1 is 1.24 bits per heavy atom. The van der Waals surface area contributed by atoms with Crippen LogP contribution in [-0.4, -0.2) is 47.1 Å². The number of carbonyl (C=O) groups is 1. The quantitative estimate of drug-likeness (QED) is 0.264. The lowest BCUT2D eigenvalue weighted by Gasteiger charge is -2.20. The molecule has 192 valence electrons. The van der Waals surface area contributed by atoms with Crippen molar-refractivity contribution < 1.29 is 13.9 Å². The molecule has 0 radical (unpaired) electrons. The second kappa shape index (κ2) is 11.0. The zero-order valence-corrected chi connectivity index (χ0v) is 21.7.